The molecular weight excluding hydrogens is 164 g/mol. The molecule has 1 aromatic rings. The molecule has 1 aromatic carbocycles. The van der Waals surface area contributed by atoms with Crippen LogP contribution in [0.1, 0.15) is 0 Å². The zero-order valence-electron chi connectivity index (χ0n) is 5.68. The Balaban J connectivity index is 3.12. The van der Waals surface area contributed by atoms with E-state index in [-0.39, 0.29) is 5.69 Å². The molecule has 6 heteroatoms. The SMILES string of the molecule is O=[N+]([O-])c1[c][c]cc([N+](=O)[O-])c1. The van der Waals surface area contributed by atoms with E-state index in [0.717, 1.165) is 12.1 Å². The van der Waals surface area contributed by atoms with Crippen molar-refractivity contribution < 1.29 is 9.85 Å². The van der Waals surface area contributed by atoms with Gasteiger partial charge in [-0.25, -0.2) is 0 Å². The van der Waals surface area contributed by atoms with E-state index in [1.807, 2.05) is 0 Å². The third-order valence-electron chi connectivity index (χ3n) is 1.11. The molecule has 0 amide bonds. The van der Waals surface area contributed by atoms with Crippen LogP contribution < -0.4 is 0 Å². The maximum Gasteiger partial charge on any atom is 0.284 e. The Morgan fingerprint density at radius 1 is 1.25 bits per heavy atom. The Morgan fingerprint density at radius 3 is 2.42 bits per heavy atom. The molecule has 0 spiro atoms. The third-order valence-corrected chi connectivity index (χ3v) is 1.11. The number of rotatable bonds is 2. The summed E-state index contributed by atoms with van der Waals surface area (Å²) in [5.74, 6) is 0. The van der Waals surface area contributed by atoms with Gasteiger partial charge in [-0.3, -0.25) is 20.2 Å². The fourth-order valence-corrected chi connectivity index (χ4v) is 0.606. The van der Waals surface area contributed by atoms with Crippen LogP contribution in [0.3, 0.4) is 0 Å². The molecule has 0 saturated carbocycles. The summed E-state index contributed by atoms with van der Waals surface area (Å²) < 4.78 is 0. The first kappa shape index (κ1) is 8.12. The van der Waals surface area contributed by atoms with E-state index in [0.29, 0.717) is 0 Å². The van der Waals surface area contributed by atoms with Gasteiger partial charge in [-0.1, -0.05) is 0 Å². The van der Waals surface area contributed by atoms with Gasteiger partial charge in [0, 0.05) is 12.1 Å². The van der Waals surface area contributed by atoms with Crippen LogP contribution in [0.5, 0.6) is 0 Å². The molecule has 60 valence electrons. The van der Waals surface area contributed by atoms with Gasteiger partial charge in [-0.2, -0.15) is 0 Å². The fourth-order valence-electron chi connectivity index (χ4n) is 0.606. The first-order valence-electron chi connectivity index (χ1n) is 2.83. The van der Waals surface area contributed by atoms with Crippen LogP contribution >= 0.6 is 0 Å². The van der Waals surface area contributed by atoms with Gasteiger partial charge in [0.15, 0.2) is 0 Å². The zero-order chi connectivity index (χ0) is 9.14. The maximum atomic E-state index is 10.1. The van der Waals surface area contributed by atoms with Crippen molar-refractivity contribution in [2.24, 2.45) is 0 Å². The summed E-state index contributed by atoms with van der Waals surface area (Å²) in [5.41, 5.74) is -0.815. The van der Waals surface area contributed by atoms with E-state index < -0.39 is 15.5 Å². The first-order chi connectivity index (χ1) is 5.61. The molecule has 0 aliphatic rings. The average Bonchev–Trinajstić information content (AvgIpc) is 2.04. The lowest BCUT2D eigenvalue weighted by molar-refractivity contribution is -0.394. The number of benzene rings is 1. The highest BCUT2D eigenvalue weighted by Gasteiger charge is 2.12. The van der Waals surface area contributed by atoms with Gasteiger partial charge in [0.05, 0.1) is 22.0 Å². The van der Waals surface area contributed by atoms with Crippen molar-refractivity contribution in [1.29, 1.82) is 0 Å². The lowest BCUT2D eigenvalue weighted by Gasteiger charge is -1.89. The standard InChI is InChI=1S/C6H2N2O4/c9-7(10)5-2-1-3-6(4-5)8(11)12/h2,4H. The molecule has 0 fully saturated rings. The van der Waals surface area contributed by atoms with Crippen LogP contribution in [0.4, 0.5) is 11.4 Å². The Bertz CT molecular complexity index is 307. The second-order valence-electron chi connectivity index (χ2n) is 1.88. The molecule has 0 unspecified atom stereocenters. The molecule has 0 saturated heterocycles. The van der Waals surface area contributed by atoms with E-state index in [2.05, 4.69) is 12.1 Å². The smallest absolute Gasteiger partial charge is 0.258 e. The van der Waals surface area contributed by atoms with Gasteiger partial charge in [-0.15, -0.1) is 0 Å². The molecule has 1 rings (SSSR count). The van der Waals surface area contributed by atoms with Crippen molar-refractivity contribution in [2.75, 3.05) is 0 Å². The minimum absolute atomic E-state index is 0.361. The van der Waals surface area contributed by atoms with Gasteiger partial charge in [0.1, 0.15) is 0 Å². The molecule has 0 aliphatic heterocycles. The summed E-state index contributed by atoms with van der Waals surface area (Å²) in [4.78, 5) is 18.7. The highest BCUT2D eigenvalue weighted by Crippen LogP contribution is 2.17. The van der Waals surface area contributed by atoms with Crippen molar-refractivity contribution >= 4 is 11.4 Å². The van der Waals surface area contributed by atoms with E-state index in [1.54, 1.807) is 0 Å². The summed E-state index contributed by atoms with van der Waals surface area (Å²) in [6.45, 7) is 0. The van der Waals surface area contributed by atoms with E-state index in [9.17, 15) is 20.2 Å². The number of hydrogen-bond donors (Lipinski definition) is 0. The molecule has 12 heavy (non-hydrogen) atoms. The average molecular weight is 166 g/mol. The number of nitro groups is 2. The van der Waals surface area contributed by atoms with Crippen LogP contribution in [0, 0.1) is 32.4 Å². The van der Waals surface area contributed by atoms with Gasteiger partial charge in [-0.05, 0) is 0 Å². The van der Waals surface area contributed by atoms with E-state index in [1.165, 1.54) is 0 Å². The quantitative estimate of drug-likeness (QED) is 0.486. The largest absolute Gasteiger partial charge is 0.284 e. The van der Waals surface area contributed by atoms with Crippen LogP contribution in [0.15, 0.2) is 12.1 Å². The van der Waals surface area contributed by atoms with Gasteiger partial charge >= 0.3 is 0 Å². The molecular formula is C6H2N2O4. The second-order valence-corrected chi connectivity index (χ2v) is 1.88. The predicted octanol–water partition coefficient (Wildman–Crippen LogP) is 1.10. The normalized spacial score (nSPS) is 9.33. The first-order valence-corrected chi connectivity index (χ1v) is 2.83. The van der Waals surface area contributed by atoms with Crippen molar-refractivity contribution in [2.45, 2.75) is 0 Å². The van der Waals surface area contributed by atoms with Crippen molar-refractivity contribution in [3.05, 3.63) is 44.5 Å². The molecule has 0 heterocycles. The molecule has 0 N–H and O–H groups in total. The Kier molecular flexibility index (Phi) is 2.00. The van der Waals surface area contributed by atoms with Gasteiger partial charge in [0.25, 0.3) is 11.4 Å². The maximum absolute atomic E-state index is 10.1. The molecule has 6 nitrogen and oxygen atoms in total. The topological polar surface area (TPSA) is 86.3 Å². The lowest BCUT2D eigenvalue weighted by atomic mass is 10.3. The summed E-state index contributed by atoms with van der Waals surface area (Å²) >= 11 is 0. The number of non-ortho nitro benzene ring substituents is 2. The minimum Gasteiger partial charge on any atom is -0.258 e. The number of nitro benzene ring substituents is 2. The molecule has 0 atom stereocenters. The molecule has 0 aromatic heterocycles. The Labute approximate surface area is 66.7 Å². The lowest BCUT2D eigenvalue weighted by Crippen LogP contribution is -1.91. The Morgan fingerprint density at radius 2 is 1.92 bits per heavy atom. The summed E-state index contributed by atoms with van der Waals surface area (Å²) in [7, 11) is 0. The van der Waals surface area contributed by atoms with Crippen molar-refractivity contribution in [3.8, 4) is 0 Å². The van der Waals surface area contributed by atoms with Crippen LogP contribution in [0.2, 0.25) is 0 Å². The summed E-state index contributed by atoms with van der Waals surface area (Å²) in [5, 5.41) is 20.2. The van der Waals surface area contributed by atoms with Crippen molar-refractivity contribution in [1.82, 2.24) is 0 Å². The van der Waals surface area contributed by atoms with Crippen LogP contribution in [-0.2, 0) is 0 Å². The van der Waals surface area contributed by atoms with Crippen molar-refractivity contribution in [3.63, 3.8) is 0 Å². The van der Waals surface area contributed by atoms with Gasteiger partial charge < -0.3 is 0 Å². The van der Waals surface area contributed by atoms with Gasteiger partial charge in [0.2, 0.25) is 0 Å². The third kappa shape index (κ3) is 1.54. The monoisotopic (exact) mass is 166 g/mol. The van der Waals surface area contributed by atoms with E-state index >= 15 is 0 Å². The summed E-state index contributed by atoms with van der Waals surface area (Å²) in [6.07, 6.45) is 0. The highest BCUT2D eigenvalue weighted by molar-refractivity contribution is 5.40. The fraction of sp³-hybridized carbons (Fsp3) is 0. The van der Waals surface area contributed by atoms with Crippen LogP contribution in [0.25, 0.3) is 0 Å². The minimum atomic E-state index is -0.760. The zero-order valence-corrected chi connectivity index (χ0v) is 5.68. The van der Waals surface area contributed by atoms with E-state index in [4.69, 9.17) is 0 Å². The predicted molar refractivity (Wildman–Crippen MR) is 37.4 cm³/mol. The highest BCUT2D eigenvalue weighted by atomic mass is 16.6. The molecule has 2 radical (unpaired) electrons. The molecule has 0 bridgehead atoms. The second kappa shape index (κ2) is 2.95. The number of hydrogen-bond acceptors (Lipinski definition) is 4. The number of nitrogens with zero attached hydrogens (tertiary/aromatic N) is 2. The van der Waals surface area contributed by atoms with Crippen LogP contribution in [-0.4, -0.2) is 9.85 Å². The summed E-state index contributed by atoms with van der Waals surface area (Å²) in [6, 6.07) is 6.17. The Hall–Kier alpha value is -1.98. The molecule has 0 aliphatic carbocycles.